The Morgan fingerprint density at radius 2 is 2.05 bits per heavy atom. The number of rotatable bonds is 3. The lowest BCUT2D eigenvalue weighted by Gasteiger charge is -2.30. The van der Waals surface area contributed by atoms with Crippen LogP contribution >= 0.6 is 11.6 Å². The zero-order chi connectivity index (χ0) is 14.1. The van der Waals surface area contributed by atoms with Crippen LogP contribution in [0.4, 0.5) is 0 Å². The van der Waals surface area contributed by atoms with Gasteiger partial charge in [0.25, 0.3) is 5.91 Å². The number of benzene rings is 1. The maximum atomic E-state index is 12.6. The van der Waals surface area contributed by atoms with Crippen LogP contribution in [-0.2, 0) is 0 Å². The smallest absolute Gasteiger partial charge is 0.255 e. The van der Waals surface area contributed by atoms with Gasteiger partial charge in [-0.2, -0.15) is 0 Å². The molecule has 104 valence electrons. The molecule has 0 N–H and O–H groups in total. The zero-order valence-corrected chi connectivity index (χ0v) is 12.2. The summed E-state index contributed by atoms with van der Waals surface area (Å²) in [5.41, 5.74) is 0.631. The van der Waals surface area contributed by atoms with Gasteiger partial charge in [0.1, 0.15) is 5.15 Å². The minimum Gasteiger partial charge on any atom is -0.341 e. The van der Waals surface area contributed by atoms with E-state index in [0.29, 0.717) is 16.6 Å². The fourth-order valence-corrected chi connectivity index (χ4v) is 2.89. The summed E-state index contributed by atoms with van der Waals surface area (Å²) in [6.45, 7) is 0.829. The first-order valence-corrected chi connectivity index (χ1v) is 7.33. The number of carbonyl (C=O) groups is 1. The molecule has 0 bridgehead atoms. The average molecular weight is 289 g/mol. The van der Waals surface area contributed by atoms with Gasteiger partial charge in [0.2, 0.25) is 0 Å². The third-order valence-electron chi connectivity index (χ3n) is 4.08. The van der Waals surface area contributed by atoms with Crippen molar-refractivity contribution in [1.82, 2.24) is 9.88 Å². The van der Waals surface area contributed by atoms with E-state index < -0.39 is 0 Å². The van der Waals surface area contributed by atoms with E-state index in [1.165, 1.54) is 19.3 Å². The number of aromatic nitrogens is 1. The highest BCUT2D eigenvalue weighted by Crippen LogP contribution is 2.28. The van der Waals surface area contributed by atoms with Gasteiger partial charge < -0.3 is 4.90 Å². The highest BCUT2D eigenvalue weighted by molar-refractivity contribution is 6.34. The van der Waals surface area contributed by atoms with Gasteiger partial charge in [-0.3, -0.25) is 4.79 Å². The second-order valence-corrected chi connectivity index (χ2v) is 5.85. The van der Waals surface area contributed by atoms with Crippen molar-refractivity contribution in [2.75, 3.05) is 13.6 Å². The van der Waals surface area contributed by atoms with Gasteiger partial charge in [-0.15, -0.1) is 0 Å². The highest BCUT2D eigenvalue weighted by atomic mass is 35.5. The predicted octanol–water partition coefficient (Wildman–Crippen LogP) is 3.76. The van der Waals surface area contributed by atoms with Crippen LogP contribution in [0, 0.1) is 5.92 Å². The quantitative estimate of drug-likeness (QED) is 0.806. The van der Waals surface area contributed by atoms with Crippen molar-refractivity contribution < 1.29 is 4.79 Å². The third-order valence-corrected chi connectivity index (χ3v) is 4.38. The van der Waals surface area contributed by atoms with Crippen LogP contribution in [0.25, 0.3) is 10.8 Å². The molecule has 4 heteroatoms. The molecule has 1 fully saturated rings. The largest absolute Gasteiger partial charge is 0.341 e. The third kappa shape index (κ3) is 2.38. The van der Waals surface area contributed by atoms with Crippen molar-refractivity contribution in [3.05, 3.63) is 41.2 Å². The Hall–Kier alpha value is -1.61. The topological polar surface area (TPSA) is 33.2 Å². The molecule has 0 radical (unpaired) electrons. The molecule has 0 unspecified atom stereocenters. The number of hydrogen-bond acceptors (Lipinski definition) is 2. The molecule has 0 atom stereocenters. The van der Waals surface area contributed by atoms with E-state index in [2.05, 4.69) is 4.98 Å². The normalized spacial score (nSPS) is 15.1. The van der Waals surface area contributed by atoms with Crippen LogP contribution in [-0.4, -0.2) is 29.4 Å². The second kappa shape index (κ2) is 5.41. The van der Waals surface area contributed by atoms with E-state index in [4.69, 9.17) is 11.6 Å². The summed E-state index contributed by atoms with van der Waals surface area (Å²) in [6.07, 6.45) is 5.34. The van der Waals surface area contributed by atoms with Crippen molar-refractivity contribution in [3.8, 4) is 0 Å². The number of fused-ring (bicyclic) bond motifs is 1. The van der Waals surface area contributed by atoms with Crippen molar-refractivity contribution in [1.29, 1.82) is 0 Å². The fourth-order valence-electron chi connectivity index (χ4n) is 2.68. The molecule has 1 amide bonds. The van der Waals surface area contributed by atoms with E-state index in [-0.39, 0.29) is 5.91 Å². The zero-order valence-electron chi connectivity index (χ0n) is 11.5. The number of hydrogen-bond donors (Lipinski definition) is 0. The maximum Gasteiger partial charge on any atom is 0.255 e. The first-order valence-electron chi connectivity index (χ1n) is 6.95. The molecule has 3 rings (SSSR count). The summed E-state index contributed by atoms with van der Waals surface area (Å²) in [6, 6.07) is 7.64. The van der Waals surface area contributed by atoms with Crippen LogP contribution in [0.5, 0.6) is 0 Å². The Balaban J connectivity index is 1.92. The Morgan fingerprint density at radius 3 is 2.70 bits per heavy atom. The molecule has 0 aliphatic heterocycles. The van der Waals surface area contributed by atoms with Crippen LogP contribution in [0.2, 0.25) is 5.15 Å². The number of carbonyl (C=O) groups excluding carboxylic acids is 1. The van der Waals surface area contributed by atoms with Crippen LogP contribution in [0.3, 0.4) is 0 Å². The lowest BCUT2D eigenvalue weighted by molar-refractivity contribution is 0.0747. The monoisotopic (exact) mass is 288 g/mol. The Labute approximate surface area is 123 Å². The summed E-state index contributed by atoms with van der Waals surface area (Å²) in [5, 5.41) is 2.15. The van der Waals surface area contributed by atoms with E-state index in [9.17, 15) is 4.79 Å². The molecule has 1 aliphatic carbocycles. The van der Waals surface area contributed by atoms with Gasteiger partial charge in [0, 0.05) is 25.2 Å². The minimum atomic E-state index is 0.0252. The summed E-state index contributed by atoms with van der Waals surface area (Å²) in [4.78, 5) is 18.5. The van der Waals surface area contributed by atoms with Crippen molar-refractivity contribution in [3.63, 3.8) is 0 Å². The maximum absolute atomic E-state index is 12.6. The Morgan fingerprint density at radius 1 is 1.35 bits per heavy atom. The fraction of sp³-hybridized carbons (Fsp3) is 0.375. The number of nitrogens with zero attached hydrogens (tertiary/aromatic N) is 2. The summed E-state index contributed by atoms with van der Waals surface area (Å²) < 4.78 is 0. The molecule has 1 heterocycles. The van der Waals surface area contributed by atoms with E-state index in [0.717, 1.165) is 17.3 Å². The molecule has 20 heavy (non-hydrogen) atoms. The van der Waals surface area contributed by atoms with Gasteiger partial charge in [-0.05, 0) is 24.1 Å². The predicted molar refractivity (Wildman–Crippen MR) is 81.1 cm³/mol. The van der Waals surface area contributed by atoms with E-state index >= 15 is 0 Å². The molecule has 3 nitrogen and oxygen atoms in total. The lowest BCUT2D eigenvalue weighted by atomic mass is 9.85. The Bertz CT molecular complexity index is 652. The molecule has 1 saturated carbocycles. The van der Waals surface area contributed by atoms with E-state index in [1.54, 1.807) is 11.1 Å². The lowest BCUT2D eigenvalue weighted by Crippen LogP contribution is -2.34. The van der Waals surface area contributed by atoms with Crippen LogP contribution in [0.15, 0.2) is 30.5 Å². The first-order chi connectivity index (χ1) is 9.66. The SMILES string of the molecule is CN(CC1CCC1)C(=O)c1cnc(Cl)c2ccccc12. The standard InChI is InChI=1S/C16H17ClN2O/c1-19(10-11-5-4-6-11)16(20)14-9-18-15(17)13-8-3-2-7-12(13)14/h2-3,7-9,11H,4-6,10H2,1H3. The molecular weight excluding hydrogens is 272 g/mol. The summed E-state index contributed by atoms with van der Waals surface area (Å²) in [5.74, 6) is 0.688. The molecule has 1 aromatic heterocycles. The van der Waals surface area contributed by atoms with Gasteiger partial charge in [0.15, 0.2) is 0 Å². The average Bonchev–Trinajstić information content (AvgIpc) is 2.43. The van der Waals surface area contributed by atoms with Gasteiger partial charge in [-0.1, -0.05) is 42.3 Å². The number of halogens is 1. The molecular formula is C16H17ClN2O. The Kier molecular flexibility index (Phi) is 3.62. The van der Waals surface area contributed by atoms with Crippen molar-refractivity contribution >= 4 is 28.3 Å². The molecule has 0 spiro atoms. The summed E-state index contributed by atoms with van der Waals surface area (Å²) >= 11 is 6.09. The van der Waals surface area contributed by atoms with Gasteiger partial charge >= 0.3 is 0 Å². The minimum absolute atomic E-state index is 0.0252. The summed E-state index contributed by atoms with van der Waals surface area (Å²) in [7, 11) is 1.87. The molecule has 2 aromatic rings. The van der Waals surface area contributed by atoms with E-state index in [1.807, 2.05) is 31.3 Å². The molecule has 0 saturated heterocycles. The number of amides is 1. The highest BCUT2D eigenvalue weighted by Gasteiger charge is 2.23. The second-order valence-electron chi connectivity index (χ2n) is 5.49. The van der Waals surface area contributed by atoms with Gasteiger partial charge in [0.05, 0.1) is 5.56 Å². The van der Waals surface area contributed by atoms with Crippen molar-refractivity contribution in [2.45, 2.75) is 19.3 Å². The molecule has 1 aliphatic rings. The molecule has 1 aromatic carbocycles. The van der Waals surface area contributed by atoms with Gasteiger partial charge in [-0.25, -0.2) is 4.98 Å². The number of pyridine rings is 1. The van der Waals surface area contributed by atoms with Crippen molar-refractivity contribution in [2.24, 2.45) is 5.92 Å². The van der Waals surface area contributed by atoms with Crippen LogP contribution < -0.4 is 0 Å². The first kappa shape index (κ1) is 13.4. The van der Waals surface area contributed by atoms with Crippen LogP contribution in [0.1, 0.15) is 29.6 Å².